The van der Waals surface area contributed by atoms with E-state index in [0.29, 0.717) is 18.7 Å². The number of carbonyl (C=O) groups is 1. The molecule has 1 amide bonds. The maximum absolute atomic E-state index is 12.9. The second kappa shape index (κ2) is 8.78. The summed E-state index contributed by atoms with van der Waals surface area (Å²) in [4.78, 5) is 14.6. The van der Waals surface area contributed by atoms with Gasteiger partial charge in [0.1, 0.15) is 5.75 Å². The maximum Gasteiger partial charge on any atom is 0.261 e. The van der Waals surface area contributed by atoms with Crippen molar-refractivity contribution in [3.8, 4) is 5.75 Å². The van der Waals surface area contributed by atoms with Crippen molar-refractivity contribution in [3.63, 3.8) is 0 Å². The summed E-state index contributed by atoms with van der Waals surface area (Å²) in [5, 5.41) is 0. The van der Waals surface area contributed by atoms with Gasteiger partial charge in [-0.2, -0.15) is 0 Å². The molecule has 150 valence electrons. The van der Waals surface area contributed by atoms with Crippen molar-refractivity contribution in [2.24, 2.45) is 0 Å². The molecule has 1 saturated heterocycles. The van der Waals surface area contributed by atoms with E-state index in [1.807, 2.05) is 55.5 Å². The minimum Gasteiger partial charge on any atom is -0.484 e. The molecular formula is C22H27NO4S. The van der Waals surface area contributed by atoms with E-state index in [9.17, 15) is 13.2 Å². The van der Waals surface area contributed by atoms with Gasteiger partial charge in [-0.3, -0.25) is 4.79 Å². The van der Waals surface area contributed by atoms with Crippen molar-refractivity contribution in [2.45, 2.75) is 39.3 Å². The molecule has 0 bridgehead atoms. The summed E-state index contributed by atoms with van der Waals surface area (Å²) in [5.41, 5.74) is 3.28. The topological polar surface area (TPSA) is 63.7 Å². The van der Waals surface area contributed by atoms with Crippen LogP contribution in [0.5, 0.6) is 5.75 Å². The largest absolute Gasteiger partial charge is 0.484 e. The zero-order valence-electron chi connectivity index (χ0n) is 16.4. The van der Waals surface area contributed by atoms with Crippen LogP contribution in [0.2, 0.25) is 0 Å². The zero-order chi connectivity index (χ0) is 20.1. The van der Waals surface area contributed by atoms with Gasteiger partial charge in [-0.05, 0) is 48.6 Å². The quantitative estimate of drug-likeness (QED) is 0.715. The van der Waals surface area contributed by atoms with E-state index in [2.05, 4.69) is 6.92 Å². The molecule has 1 aliphatic rings. The average molecular weight is 402 g/mol. The molecule has 2 aromatic carbocycles. The summed E-state index contributed by atoms with van der Waals surface area (Å²) in [6, 6.07) is 15.3. The number of ether oxygens (including phenoxy) is 1. The van der Waals surface area contributed by atoms with Crippen LogP contribution in [-0.2, 0) is 27.6 Å². The molecule has 28 heavy (non-hydrogen) atoms. The van der Waals surface area contributed by atoms with Gasteiger partial charge in [-0.25, -0.2) is 8.42 Å². The van der Waals surface area contributed by atoms with Gasteiger partial charge in [-0.1, -0.05) is 43.3 Å². The molecule has 3 rings (SSSR count). The Hall–Kier alpha value is -2.34. The van der Waals surface area contributed by atoms with Crippen molar-refractivity contribution in [3.05, 3.63) is 65.2 Å². The Morgan fingerprint density at radius 3 is 2.46 bits per heavy atom. The number of carbonyl (C=O) groups excluding carboxylic acids is 1. The Labute approximate surface area is 167 Å². The summed E-state index contributed by atoms with van der Waals surface area (Å²) in [5.74, 6) is 0.605. The third kappa shape index (κ3) is 5.35. The summed E-state index contributed by atoms with van der Waals surface area (Å²) in [7, 11) is -3.08. The molecular weight excluding hydrogens is 374 g/mol. The van der Waals surface area contributed by atoms with Crippen molar-refractivity contribution in [1.29, 1.82) is 0 Å². The van der Waals surface area contributed by atoms with Crippen molar-refractivity contribution >= 4 is 15.7 Å². The number of hydrogen-bond donors (Lipinski definition) is 0. The highest BCUT2D eigenvalue weighted by molar-refractivity contribution is 7.91. The standard InChI is InChI=1S/C22H27NO4S/c1-3-18-7-9-19(10-8-18)14-23(20-11-12-28(25,26)16-20)22(24)15-27-21-6-4-5-17(2)13-21/h4-10,13,20H,3,11-12,14-16H2,1-2H3. The van der Waals surface area contributed by atoms with E-state index < -0.39 is 9.84 Å². The predicted molar refractivity (Wildman–Crippen MR) is 110 cm³/mol. The fourth-order valence-electron chi connectivity index (χ4n) is 3.45. The minimum absolute atomic E-state index is 0.0240. The monoisotopic (exact) mass is 401 g/mol. The molecule has 0 radical (unpaired) electrons. The minimum atomic E-state index is -3.08. The summed E-state index contributed by atoms with van der Waals surface area (Å²) >= 11 is 0. The van der Waals surface area contributed by atoms with Gasteiger partial charge >= 0.3 is 0 Å². The number of nitrogens with zero attached hydrogens (tertiary/aromatic N) is 1. The van der Waals surface area contributed by atoms with Crippen molar-refractivity contribution in [2.75, 3.05) is 18.1 Å². The molecule has 1 heterocycles. The normalized spacial score (nSPS) is 18.0. The molecule has 2 aromatic rings. The lowest BCUT2D eigenvalue weighted by molar-refractivity contribution is -0.136. The molecule has 1 aliphatic heterocycles. The van der Waals surface area contributed by atoms with Crippen LogP contribution in [0.15, 0.2) is 48.5 Å². The second-order valence-electron chi connectivity index (χ2n) is 7.35. The summed E-state index contributed by atoms with van der Waals surface area (Å²) in [6.45, 7) is 4.34. The van der Waals surface area contributed by atoms with Gasteiger partial charge in [0.25, 0.3) is 5.91 Å². The number of amides is 1. The van der Waals surface area contributed by atoms with Crippen LogP contribution in [0, 0.1) is 6.92 Å². The average Bonchev–Trinajstić information content (AvgIpc) is 3.04. The SMILES string of the molecule is CCc1ccc(CN(C(=O)COc2cccc(C)c2)C2CCS(=O)(=O)C2)cc1. The van der Waals surface area contributed by atoms with E-state index in [4.69, 9.17) is 4.74 Å². The highest BCUT2D eigenvalue weighted by Gasteiger charge is 2.34. The fraction of sp³-hybridized carbons (Fsp3) is 0.409. The molecule has 6 heteroatoms. The second-order valence-corrected chi connectivity index (χ2v) is 9.58. The van der Waals surface area contributed by atoms with Crippen LogP contribution in [0.25, 0.3) is 0 Å². The predicted octanol–water partition coefficient (Wildman–Crippen LogP) is 3.15. The Balaban J connectivity index is 1.73. The smallest absolute Gasteiger partial charge is 0.261 e. The molecule has 0 N–H and O–H groups in total. The molecule has 1 unspecified atom stereocenters. The van der Waals surface area contributed by atoms with Crippen LogP contribution in [0.1, 0.15) is 30.0 Å². The van der Waals surface area contributed by atoms with E-state index in [1.54, 1.807) is 4.90 Å². The molecule has 0 saturated carbocycles. The zero-order valence-corrected chi connectivity index (χ0v) is 17.2. The molecule has 0 spiro atoms. The molecule has 0 aliphatic carbocycles. The first-order chi connectivity index (χ1) is 13.4. The molecule has 1 fully saturated rings. The highest BCUT2D eigenvalue weighted by Crippen LogP contribution is 2.21. The van der Waals surface area contributed by atoms with Gasteiger partial charge in [0.05, 0.1) is 11.5 Å². The Morgan fingerprint density at radius 2 is 1.86 bits per heavy atom. The number of hydrogen-bond acceptors (Lipinski definition) is 4. The van der Waals surface area contributed by atoms with Crippen LogP contribution in [-0.4, -0.2) is 43.4 Å². The molecule has 5 nitrogen and oxygen atoms in total. The Morgan fingerprint density at radius 1 is 1.14 bits per heavy atom. The lowest BCUT2D eigenvalue weighted by atomic mass is 10.1. The Bertz CT molecular complexity index is 922. The van der Waals surface area contributed by atoms with Gasteiger partial charge in [0, 0.05) is 12.6 Å². The van der Waals surface area contributed by atoms with Crippen LogP contribution >= 0.6 is 0 Å². The number of sulfone groups is 1. The number of rotatable bonds is 7. The van der Waals surface area contributed by atoms with E-state index in [0.717, 1.165) is 17.5 Å². The van der Waals surface area contributed by atoms with Crippen LogP contribution in [0.3, 0.4) is 0 Å². The highest BCUT2D eigenvalue weighted by atomic mass is 32.2. The van der Waals surface area contributed by atoms with E-state index >= 15 is 0 Å². The maximum atomic E-state index is 12.9. The molecule has 1 atom stereocenters. The van der Waals surface area contributed by atoms with Gasteiger partial charge < -0.3 is 9.64 Å². The van der Waals surface area contributed by atoms with E-state index in [1.165, 1.54) is 5.56 Å². The number of aryl methyl sites for hydroxylation is 2. The first kappa shape index (κ1) is 20.4. The van der Waals surface area contributed by atoms with Gasteiger partial charge in [0.15, 0.2) is 16.4 Å². The third-order valence-electron chi connectivity index (χ3n) is 5.11. The summed E-state index contributed by atoms with van der Waals surface area (Å²) < 4.78 is 29.6. The van der Waals surface area contributed by atoms with Gasteiger partial charge in [-0.15, -0.1) is 0 Å². The first-order valence-corrected chi connectivity index (χ1v) is 11.5. The lowest BCUT2D eigenvalue weighted by Gasteiger charge is -2.28. The third-order valence-corrected chi connectivity index (χ3v) is 6.86. The van der Waals surface area contributed by atoms with Crippen molar-refractivity contribution in [1.82, 2.24) is 4.90 Å². The lowest BCUT2D eigenvalue weighted by Crippen LogP contribution is -2.43. The number of benzene rings is 2. The van der Waals surface area contributed by atoms with Gasteiger partial charge in [0.2, 0.25) is 0 Å². The van der Waals surface area contributed by atoms with Crippen LogP contribution in [0.4, 0.5) is 0 Å². The fourth-order valence-corrected chi connectivity index (χ4v) is 5.18. The summed E-state index contributed by atoms with van der Waals surface area (Å²) in [6.07, 6.45) is 1.43. The van der Waals surface area contributed by atoms with Crippen molar-refractivity contribution < 1.29 is 17.9 Å². The first-order valence-electron chi connectivity index (χ1n) is 9.63. The Kier molecular flexibility index (Phi) is 6.39. The molecule has 0 aromatic heterocycles. The van der Waals surface area contributed by atoms with Crippen LogP contribution < -0.4 is 4.74 Å². The van der Waals surface area contributed by atoms with E-state index in [-0.39, 0.29) is 30.1 Å².